The van der Waals surface area contributed by atoms with E-state index in [1.54, 1.807) is 18.6 Å². The van der Waals surface area contributed by atoms with Crippen LogP contribution in [0.15, 0.2) is 146 Å². The SMILES string of the molecule is Cc1ccccc1-n1c(-c2cc(-c3nc4cccnc4n3-c3ccccc3C)cc(-c3nc4cccnc4n3-c3ccccc3C=N)c2)nc2cccnc21. The van der Waals surface area contributed by atoms with Crippen LogP contribution in [0.1, 0.15) is 16.7 Å². The van der Waals surface area contributed by atoms with Crippen LogP contribution in [0.2, 0.25) is 0 Å². The van der Waals surface area contributed by atoms with Crippen molar-refractivity contribution in [1.82, 2.24) is 43.6 Å². The van der Waals surface area contributed by atoms with Gasteiger partial charge in [0.05, 0.1) is 17.1 Å². The topological polar surface area (TPSA) is 116 Å². The number of hydrogen-bond acceptors (Lipinski definition) is 7. The lowest BCUT2D eigenvalue weighted by Gasteiger charge is -2.16. The molecular formula is C45H32N10. The summed E-state index contributed by atoms with van der Waals surface area (Å²) in [5, 5.41) is 8.30. The minimum Gasteiger partial charge on any atom is -0.308 e. The molecule has 10 aromatic rings. The Morgan fingerprint density at radius 2 is 0.800 bits per heavy atom. The molecule has 6 heterocycles. The lowest BCUT2D eigenvalue weighted by molar-refractivity contribution is 1.05. The molecule has 0 radical (unpaired) electrons. The van der Waals surface area contributed by atoms with Crippen molar-refractivity contribution < 1.29 is 0 Å². The molecule has 0 aliphatic rings. The minimum absolute atomic E-state index is 0.666. The van der Waals surface area contributed by atoms with Crippen LogP contribution in [0.3, 0.4) is 0 Å². The van der Waals surface area contributed by atoms with Crippen LogP contribution in [-0.4, -0.2) is 49.8 Å². The Hall–Kier alpha value is -7.59. The highest BCUT2D eigenvalue weighted by Crippen LogP contribution is 2.39. The summed E-state index contributed by atoms with van der Waals surface area (Å²) in [5.41, 5.74) is 12.7. The predicted molar refractivity (Wildman–Crippen MR) is 217 cm³/mol. The predicted octanol–water partition coefficient (Wildman–Crippen LogP) is 9.50. The second-order valence-corrected chi connectivity index (χ2v) is 13.4. The molecule has 1 N–H and O–H groups in total. The number of aromatic nitrogens is 9. The number of rotatable bonds is 7. The molecule has 0 aliphatic heterocycles. The van der Waals surface area contributed by atoms with Gasteiger partial charge in [-0.3, -0.25) is 13.7 Å². The van der Waals surface area contributed by atoms with Crippen LogP contribution < -0.4 is 0 Å². The quantitative estimate of drug-likeness (QED) is 0.165. The first-order valence-corrected chi connectivity index (χ1v) is 18.0. The van der Waals surface area contributed by atoms with E-state index >= 15 is 0 Å². The summed E-state index contributed by atoms with van der Waals surface area (Å²) in [4.78, 5) is 30.2. The van der Waals surface area contributed by atoms with Gasteiger partial charge in [0, 0.05) is 47.1 Å². The molecule has 0 bridgehead atoms. The number of imidazole rings is 3. The van der Waals surface area contributed by atoms with E-state index in [-0.39, 0.29) is 0 Å². The summed E-state index contributed by atoms with van der Waals surface area (Å²) in [6.45, 7) is 4.20. The molecule has 0 unspecified atom stereocenters. The largest absolute Gasteiger partial charge is 0.308 e. The fraction of sp³-hybridized carbons (Fsp3) is 0.0444. The van der Waals surface area contributed by atoms with Gasteiger partial charge in [-0.05, 0) is 97.8 Å². The maximum Gasteiger partial charge on any atom is 0.164 e. The third-order valence-electron chi connectivity index (χ3n) is 10.0. The summed E-state index contributed by atoms with van der Waals surface area (Å²) in [7, 11) is 0. The Morgan fingerprint density at radius 3 is 1.20 bits per heavy atom. The molecule has 10 rings (SSSR count). The number of para-hydroxylation sites is 3. The number of fused-ring (bicyclic) bond motifs is 3. The van der Waals surface area contributed by atoms with E-state index in [1.807, 2.05) is 89.5 Å². The number of nitrogens with one attached hydrogen (secondary N) is 1. The average molecular weight is 713 g/mol. The van der Waals surface area contributed by atoms with Gasteiger partial charge in [-0.15, -0.1) is 0 Å². The molecule has 6 aromatic heterocycles. The maximum atomic E-state index is 8.30. The Bertz CT molecular complexity index is 2970. The maximum absolute atomic E-state index is 8.30. The van der Waals surface area contributed by atoms with Crippen molar-refractivity contribution >= 4 is 39.7 Å². The Kier molecular flexibility index (Phi) is 7.48. The van der Waals surface area contributed by atoms with Crippen molar-refractivity contribution in [1.29, 1.82) is 5.41 Å². The molecule has 0 saturated carbocycles. The molecule has 0 atom stereocenters. The third-order valence-corrected chi connectivity index (χ3v) is 10.0. The Morgan fingerprint density at radius 1 is 0.436 bits per heavy atom. The number of pyridine rings is 3. The highest BCUT2D eigenvalue weighted by Gasteiger charge is 2.24. The third kappa shape index (κ3) is 5.22. The summed E-state index contributed by atoms with van der Waals surface area (Å²) < 4.78 is 6.30. The summed E-state index contributed by atoms with van der Waals surface area (Å²) in [6, 6.07) is 42.5. The highest BCUT2D eigenvalue weighted by atomic mass is 15.2. The van der Waals surface area contributed by atoms with E-state index in [9.17, 15) is 0 Å². The molecule has 55 heavy (non-hydrogen) atoms. The standard InChI is InChI=1S/C45H32N10/c1-28-12-3-6-18-37(28)53-40(50-34-15-9-21-47-43(34)53)31-24-32(41-51-35-16-10-22-48-44(35)54(41)38-19-7-4-13-29(38)2)26-33(25-31)42-52-36-17-11-23-49-45(36)55(42)39-20-8-5-14-30(39)27-46/h3-27,46H,1-2H3. The van der Waals surface area contributed by atoms with Crippen molar-refractivity contribution in [2.45, 2.75) is 13.8 Å². The average Bonchev–Trinajstić information content (AvgIpc) is 3.93. The number of benzene rings is 4. The van der Waals surface area contributed by atoms with Gasteiger partial charge in [0.2, 0.25) is 0 Å². The van der Waals surface area contributed by atoms with E-state index in [1.165, 1.54) is 6.21 Å². The monoisotopic (exact) mass is 712 g/mol. The fourth-order valence-electron chi connectivity index (χ4n) is 7.46. The van der Waals surface area contributed by atoms with Crippen LogP contribution >= 0.6 is 0 Å². The van der Waals surface area contributed by atoms with Crippen LogP contribution in [0, 0.1) is 19.3 Å². The van der Waals surface area contributed by atoms with E-state index < -0.39 is 0 Å². The smallest absolute Gasteiger partial charge is 0.164 e. The van der Waals surface area contributed by atoms with Gasteiger partial charge in [-0.25, -0.2) is 29.9 Å². The van der Waals surface area contributed by atoms with Gasteiger partial charge in [-0.1, -0.05) is 54.6 Å². The number of aryl methyl sites for hydroxylation is 2. The first-order valence-electron chi connectivity index (χ1n) is 18.0. The van der Waals surface area contributed by atoms with Gasteiger partial charge in [0.15, 0.2) is 16.9 Å². The molecule has 0 aliphatic carbocycles. The van der Waals surface area contributed by atoms with E-state index in [4.69, 9.17) is 35.3 Å². The second kappa shape index (κ2) is 12.8. The molecule has 10 heteroatoms. The molecule has 4 aromatic carbocycles. The molecule has 10 nitrogen and oxygen atoms in total. The molecule has 0 spiro atoms. The zero-order valence-electron chi connectivity index (χ0n) is 30.0. The summed E-state index contributed by atoms with van der Waals surface area (Å²) in [5.74, 6) is 2.12. The molecule has 0 amide bonds. The van der Waals surface area contributed by atoms with Crippen LogP contribution in [-0.2, 0) is 0 Å². The Balaban J connectivity index is 1.33. The van der Waals surface area contributed by atoms with Crippen molar-refractivity contribution in [3.05, 3.63) is 163 Å². The summed E-state index contributed by atoms with van der Waals surface area (Å²) >= 11 is 0. The van der Waals surface area contributed by atoms with Crippen molar-refractivity contribution in [2.75, 3.05) is 0 Å². The van der Waals surface area contributed by atoms with Crippen molar-refractivity contribution in [3.63, 3.8) is 0 Å². The van der Waals surface area contributed by atoms with Gasteiger partial charge in [-0.2, -0.15) is 0 Å². The van der Waals surface area contributed by atoms with E-state index in [0.29, 0.717) is 11.5 Å². The normalized spacial score (nSPS) is 11.5. The van der Waals surface area contributed by atoms with Crippen molar-refractivity contribution in [3.8, 4) is 51.2 Å². The Labute approximate surface area is 315 Å². The zero-order valence-corrected chi connectivity index (χ0v) is 30.0. The lowest BCUT2D eigenvalue weighted by atomic mass is 10.0. The zero-order chi connectivity index (χ0) is 37.0. The minimum atomic E-state index is 0.666. The van der Waals surface area contributed by atoms with Crippen LogP contribution in [0.4, 0.5) is 0 Å². The first-order chi connectivity index (χ1) is 27.1. The molecule has 262 valence electrons. The molecule has 0 fully saturated rings. The van der Waals surface area contributed by atoms with Gasteiger partial charge >= 0.3 is 0 Å². The van der Waals surface area contributed by atoms with Crippen LogP contribution in [0.5, 0.6) is 0 Å². The van der Waals surface area contributed by atoms with Gasteiger partial charge < -0.3 is 5.41 Å². The van der Waals surface area contributed by atoms with E-state index in [2.05, 4.69) is 65.4 Å². The van der Waals surface area contributed by atoms with Gasteiger partial charge in [0.25, 0.3) is 0 Å². The van der Waals surface area contributed by atoms with Crippen molar-refractivity contribution in [2.24, 2.45) is 0 Å². The number of hydrogen-bond donors (Lipinski definition) is 1. The molecular weight excluding hydrogens is 681 g/mol. The second-order valence-electron chi connectivity index (χ2n) is 13.4. The molecule has 0 saturated heterocycles. The van der Waals surface area contributed by atoms with Gasteiger partial charge in [0.1, 0.15) is 34.0 Å². The fourth-order valence-corrected chi connectivity index (χ4v) is 7.46. The number of nitrogens with zero attached hydrogens (tertiary/aromatic N) is 9. The van der Waals surface area contributed by atoms with Crippen LogP contribution in [0.25, 0.3) is 84.7 Å². The first kappa shape index (κ1) is 32.1. The highest BCUT2D eigenvalue weighted by molar-refractivity contribution is 5.90. The van der Waals surface area contributed by atoms with E-state index in [0.717, 1.165) is 89.9 Å². The lowest BCUT2D eigenvalue weighted by Crippen LogP contribution is -2.05. The summed E-state index contributed by atoms with van der Waals surface area (Å²) in [6.07, 6.45) is 6.75.